The van der Waals surface area contributed by atoms with E-state index < -0.39 is 0 Å². The highest BCUT2D eigenvalue weighted by Crippen LogP contribution is 2.26. The predicted octanol–water partition coefficient (Wildman–Crippen LogP) is 2.86. The first-order valence-corrected chi connectivity index (χ1v) is 7.97. The lowest BCUT2D eigenvalue weighted by molar-refractivity contribution is 0.0317. The van der Waals surface area contributed by atoms with E-state index in [0.717, 1.165) is 48.6 Å². The van der Waals surface area contributed by atoms with E-state index in [1.807, 2.05) is 18.7 Å². The number of nitrogens with one attached hydrogen (secondary N) is 1. The molecular weight excluding hydrogens is 274 g/mol. The summed E-state index contributed by atoms with van der Waals surface area (Å²) in [6.07, 6.45) is 4.91. The molecule has 4 nitrogen and oxygen atoms in total. The molecule has 114 valence electrons. The van der Waals surface area contributed by atoms with Gasteiger partial charge < -0.3 is 10.1 Å². The van der Waals surface area contributed by atoms with Gasteiger partial charge in [-0.3, -0.25) is 4.68 Å². The predicted molar refractivity (Wildman–Crippen MR) is 82.3 cm³/mol. The van der Waals surface area contributed by atoms with Crippen molar-refractivity contribution in [2.45, 2.75) is 64.7 Å². The Balaban J connectivity index is 2.10. The van der Waals surface area contributed by atoms with Crippen molar-refractivity contribution in [2.75, 3.05) is 6.54 Å². The Labute approximate surface area is 126 Å². The quantitative estimate of drug-likeness (QED) is 0.878. The Kier molecular flexibility index (Phi) is 5.47. The fourth-order valence-corrected chi connectivity index (χ4v) is 3.14. The summed E-state index contributed by atoms with van der Waals surface area (Å²) >= 11 is 6.38. The van der Waals surface area contributed by atoms with Crippen LogP contribution in [0, 0.1) is 6.92 Å². The highest BCUT2D eigenvalue weighted by Gasteiger charge is 2.30. The Morgan fingerprint density at radius 2 is 2.25 bits per heavy atom. The van der Waals surface area contributed by atoms with Crippen LogP contribution in [-0.2, 0) is 18.2 Å². The van der Waals surface area contributed by atoms with E-state index in [1.165, 1.54) is 0 Å². The molecule has 0 spiro atoms. The lowest BCUT2D eigenvalue weighted by Crippen LogP contribution is -2.42. The van der Waals surface area contributed by atoms with Crippen LogP contribution < -0.4 is 5.32 Å². The van der Waals surface area contributed by atoms with E-state index in [-0.39, 0.29) is 6.10 Å². The summed E-state index contributed by atoms with van der Waals surface area (Å²) in [6.45, 7) is 7.29. The van der Waals surface area contributed by atoms with Crippen molar-refractivity contribution in [3.8, 4) is 0 Å². The normalized spacial score (nSPS) is 24.2. The second kappa shape index (κ2) is 6.92. The summed E-state index contributed by atoms with van der Waals surface area (Å²) < 4.78 is 7.94. The van der Waals surface area contributed by atoms with Crippen molar-refractivity contribution in [3.63, 3.8) is 0 Å². The largest absolute Gasteiger partial charge is 0.374 e. The highest BCUT2D eigenvalue weighted by atomic mass is 35.5. The number of hydrogen-bond acceptors (Lipinski definition) is 3. The molecule has 1 aliphatic heterocycles. The number of rotatable bonds is 6. The number of aromatic nitrogens is 2. The topological polar surface area (TPSA) is 39.1 Å². The van der Waals surface area contributed by atoms with Gasteiger partial charge in [-0.2, -0.15) is 5.10 Å². The van der Waals surface area contributed by atoms with Crippen LogP contribution in [0.25, 0.3) is 0 Å². The molecule has 1 aromatic heterocycles. The first-order valence-electron chi connectivity index (χ1n) is 7.59. The molecule has 20 heavy (non-hydrogen) atoms. The van der Waals surface area contributed by atoms with Crippen LogP contribution in [0.1, 0.15) is 44.5 Å². The maximum atomic E-state index is 6.38. The first kappa shape index (κ1) is 15.8. The fourth-order valence-electron chi connectivity index (χ4n) is 2.90. The third kappa shape index (κ3) is 3.54. The van der Waals surface area contributed by atoms with Gasteiger partial charge in [-0.15, -0.1) is 0 Å². The van der Waals surface area contributed by atoms with Crippen LogP contribution in [0.2, 0.25) is 5.02 Å². The molecular formula is C15H26ClN3O. The van der Waals surface area contributed by atoms with Crippen molar-refractivity contribution in [1.29, 1.82) is 0 Å². The van der Waals surface area contributed by atoms with Crippen LogP contribution in [-0.4, -0.2) is 34.6 Å². The zero-order valence-electron chi connectivity index (χ0n) is 12.9. The molecule has 1 aromatic rings. The van der Waals surface area contributed by atoms with Gasteiger partial charge in [0.15, 0.2) is 0 Å². The summed E-state index contributed by atoms with van der Waals surface area (Å²) in [4.78, 5) is 0. The SMILES string of the molecule is CCCNC(Cc1c(Cl)c(C)nn1C)C1CCC(C)O1. The second-order valence-corrected chi connectivity index (χ2v) is 6.17. The van der Waals surface area contributed by atoms with Crippen LogP contribution in [0.3, 0.4) is 0 Å². The van der Waals surface area contributed by atoms with E-state index >= 15 is 0 Å². The van der Waals surface area contributed by atoms with Crippen LogP contribution >= 0.6 is 11.6 Å². The Hall–Kier alpha value is -0.580. The van der Waals surface area contributed by atoms with E-state index in [4.69, 9.17) is 16.3 Å². The molecule has 3 atom stereocenters. The van der Waals surface area contributed by atoms with Crippen molar-refractivity contribution < 1.29 is 4.74 Å². The lowest BCUT2D eigenvalue weighted by atomic mass is 10.0. The van der Waals surface area contributed by atoms with E-state index in [1.54, 1.807) is 0 Å². The maximum Gasteiger partial charge on any atom is 0.0847 e. The molecule has 2 rings (SSSR count). The minimum atomic E-state index is 0.280. The van der Waals surface area contributed by atoms with Gasteiger partial charge in [0, 0.05) is 19.5 Å². The van der Waals surface area contributed by atoms with Gasteiger partial charge in [0.2, 0.25) is 0 Å². The zero-order valence-corrected chi connectivity index (χ0v) is 13.7. The van der Waals surface area contributed by atoms with E-state index in [9.17, 15) is 0 Å². The van der Waals surface area contributed by atoms with Crippen LogP contribution in [0.15, 0.2) is 0 Å². The van der Waals surface area contributed by atoms with Crippen LogP contribution in [0.5, 0.6) is 0 Å². The van der Waals surface area contributed by atoms with Crippen molar-refractivity contribution in [2.24, 2.45) is 7.05 Å². The van der Waals surface area contributed by atoms with Gasteiger partial charge >= 0.3 is 0 Å². The first-order chi connectivity index (χ1) is 9.52. The maximum absolute atomic E-state index is 6.38. The van der Waals surface area contributed by atoms with Gasteiger partial charge in [-0.05, 0) is 39.7 Å². The third-order valence-electron chi connectivity index (χ3n) is 4.05. The van der Waals surface area contributed by atoms with E-state index in [2.05, 4.69) is 24.3 Å². The summed E-state index contributed by atoms with van der Waals surface area (Å²) in [5, 5.41) is 8.81. The average molecular weight is 300 g/mol. The standard InChI is InChI=1S/C15H26ClN3O/c1-5-8-17-12(14-7-6-10(2)20-14)9-13-15(16)11(3)18-19(13)4/h10,12,14,17H,5-9H2,1-4H3. The number of nitrogens with zero attached hydrogens (tertiary/aromatic N) is 2. The minimum Gasteiger partial charge on any atom is -0.374 e. The molecule has 1 N–H and O–H groups in total. The van der Waals surface area contributed by atoms with Gasteiger partial charge in [0.1, 0.15) is 0 Å². The number of aryl methyl sites for hydroxylation is 2. The number of ether oxygens (including phenoxy) is 1. The van der Waals surface area contributed by atoms with Crippen molar-refractivity contribution in [3.05, 3.63) is 16.4 Å². The molecule has 0 aromatic carbocycles. The minimum absolute atomic E-state index is 0.280. The number of halogens is 1. The van der Waals surface area contributed by atoms with Crippen molar-refractivity contribution in [1.82, 2.24) is 15.1 Å². The lowest BCUT2D eigenvalue weighted by Gasteiger charge is -2.25. The summed E-state index contributed by atoms with van der Waals surface area (Å²) in [5.41, 5.74) is 2.00. The molecule has 0 radical (unpaired) electrons. The molecule has 2 heterocycles. The summed E-state index contributed by atoms with van der Waals surface area (Å²) in [6, 6.07) is 0.312. The molecule has 1 saturated heterocycles. The van der Waals surface area contributed by atoms with Gasteiger partial charge in [0.05, 0.1) is 28.6 Å². The molecule has 5 heteroatoms. The Bertz CT molecular complexity index is 447. The molecule has 0 bridgehead atoms. The molecule has 0 aliphatic carbocycles. The third-order valence-corrected chi connectivity index (χ3v) is 4.54. The molecule has 0 saturated carbocycles. The zero-order chi connectivity index (χ0) is 14.7. The molecule has 1 fully saturated rings. The number of hydrogen-bond donors (Lipinski definition) is 1. The molecule has 0 amide bonds. The summed E-state index contributed by atoms with van der Waals surface area (Å²) in [7, 11) is 1.96. The molecule has 3 unspecified atom stereocenters. The van der Waals surface area contributed by atoms with E-state index in [0.29, 0.717) is 12.1 Å². The Morgan fingerprint density at radius 3 is 2.75 bits per heavy atom. The average Bonchev–Trinajstić information content (AvgIpc) is 2.93. The summed E-state index contributed by atoms with van der Waals surface area (Å²) in [5.74, 6) is 0. The second-order valence-electron chi connectivity index (χ2n) is 5.80. The highest BCUT2D eigenvalue weighted by molar-refractivity contribution is 6.31. The van der Waals surface area contributed by atoms with Gasteiger partial charge in [-0.1, -0.05) is 18.5 Å². The van der Waals surface area contributed by atoms with Gasteiger partial charge in [0.25, 0.3) is 0 Å². The fraction of sp³-hybridized carbons (Fsp3) is 0.800. The Morgan fingerprint density at radius 1 is 1.50 bits per heavy atom. The van der Waals surface area contributed by atoms with Crippen LogP contribution in [0.4, 0.5) is 0 Å². The monoisotopic (exact) mass is 299 g/mol. The molecule has 1 aliphatic rings. The smallest absolute Gasteiger partial charge is 0.0847 e. The van der Waals surface area contributed by atoms with Crippen molar-refractivity contribution >= 4 is 11.6 Å². The van der Waals surface area contributed by atoms with Gasteiger partial charge in [-0.25, -0.2) is 0 Å².